The number of hydrogen-bond donors (Lipinski definition) is 0. The van der Waals surface area contributed by atoms with Gasteiger partial charge in [-0.25, -0.2) is 4.98 Å². The number of fused-ring (bicyclic) bond motifs is 2. The summed E-state index contributed by atoms with van der Waals surface area (Å²) in [6, 6.07) is 18.8. The minimum atomic E-state index is 0.593. The summed E-state index contributed by atoms with van der Waals surface area (Å²) in [5.41, 5.74) is 6.04. The highest BCUT2D eigenvalue weighted by molar-refractivity contribution is 5.99. The molecule has 0 saturated heterocycles. The molecule has 0 spiro atoms. The summed E-state index contributed by atoms with van der Waals surface area (Å²) in [5.74, 6) is 0.730. The molecule has 4 rings (SSSR count). The fraction of sp³-hybridized carbons (Fsp3) is 0.217. The third-order valence-corrected chi connectivity index (χ3v) is 5.22. The molecule has 27 heavy (non-hydrogen) atoms. The summed E-state index contributed by atoms with van der Waals surface area (Å²) in [6.07, 6.45) is 2.00. The lowest BCUT2D eigenvalue weighted by molar-refractivity contribution is 0.768. The Morgan fingerprint density at radius 1 is 1.00 bits per heavy atom. The van der Waals surface area contributed by atoms with Crippen molar-refractivity contribution in [2.45, 2.75) is 33.9 Å². The maximum absolute atomic E-state index is 9.93. The maximum Gasteiger partial charge on any atom is 0.151 e. The predicted molar refractivity (Wildman–Crippen MR) is 111 cm³/mol. The van der Waals surface area contributed by atoms with Crippen LogP contribution in [-0.2, 0) is 13.1 Å². The first-order valence-corrected chi connectivity index (χ1v) is 9.34. The first kappa shape index (κ1) is 17.1. The standard InChI is InChI=1S/C23H22N4/c1-4-26-16(3)19(18-10-6-8-12-21(18)26)14-17(15-24)23-25-20-11-7-9-13-22(20)27(23)5-2/h6-14H,4-5H2,1-3H3/b17-14-. The van der Waals surface area contributed by atoms with Crippen molar-refractivity contribution < 1.29 is 0 Å². The Bertz CT molecular complexity index is 1210. The van der Waals surface area contributed by atoms with E-state index in [0.717, 1.165) is 35.5 Å². The first-order chi connectivity index (χ1) is 13.2. The van der Waals surface area contributed by atoms with Crippen LogP contribution in [0.4, 0.5) is 0 Å². The van der Waals surface area contributed by atoms with Crippen molar-refractivity contribution in [3.05, 3.63) is 65.6 Å². The number of rotatable bonds is 4. The molecule has 2 aromatic carbocycles. The fourth-order valence-electron chi connectivity index (χ4n) is 3.94. The van der Waals surface area contributed by atoms with Crippen molar-refractivity contribution in [2.75, 3.05) is 0 Å². The van der Waals surface area contributed by atoms with Gasteiger partial charge < -0.3 is 9.13 Å². The lowest BCUT2D eigenvalue weighted by Gasteiger charge is -2.06. The molecule has 0 saturated carbocycles. The summed E-state index contributed by atoms with van der Waals surface area (Å²) in [5, 5.41) is 11.1. The van der Waals surface area contributed by atoms with Crippen LogP contribution in [-0.4, -0.2) is 14.1 Å². The fourth-order valence-corrected chi connectivity index (χ4v) is 3.94. The predicted octanol–water partition coefficient (Wildman–Crippen LogP) is 5.40. The van der Waals surface area contributed by atoms with Crippen LogP contribution < -0.4 is 0 Å². The van der Waals surface area contributed by atoms with Crippen LogP contribution in [0, 0.1) is 18.3 Å². The highest BCUT2D eigenvalue weighted by Gasteiger charge is 2.16. The molecular formula is C23H22N4. The molecule has 0 aliphatic rings. The van der Waals surface area contributed by atoms with Crippen molar-refractivity contribution in [1.29, 1.82) is 5.26 Å². The number of aryl methyl sites for hydroxylation is 2. The van der Waals surface area contributed by atoms with Crippen molar-refractivity contribution in [1.82, 2.24) is 14.1 Å². The first-order valence-electron chi connectivity index (χ1n) is 9.34. The second-order valence-corrected chi connectivity index (χ2v) is 6.60. The van der Waals surface area contributed by atoms with Crippen LogP contribution in [0.2, 0.25) is 0 Å². The maximum atomic E-state index is 9.93. The SMILES string of the molecule is CCn1c(/C(C#N)=C\c2c(C)n(CC)c3ccccc23)nc2ccccc21. The topological polar surface area (TPSA) is 46.5 Å². The molecule has 4 heteroatoms. The van der Waals surface area contributed by atoms with Crippen LogP contribution in [0.3, 0.4) is 0 Å². The normalized spacial score (nSPS) is 12.0. The summed E-state index contributed by atoms with van der Waals surface area (Å²) >= 11 is 0. The Balaban J connectivity index is 1.98. The van der Waals surface area contributed by atoms with Crippen LogP contribution in [0.25, 0.3) is 33.6 Å². The average Bonchev–Trinajstić information content (AvgIpc) is 3.20. The molecule has 0 bridgehead atoms. The molecular weight excluding hydrogens is 332 g/mol. The number of benzene rings is 2. The van der Waals surface area contributed by atoms with Crippen LogP contribution >= 0.6 is 0 Å². The van der Waals surface area contributed by atoms with Crippen molar-refractivity contribution in [3.63, 3.8) is 0 Å². The number of para-hydroxylation sites is 3. The van der Waals surface area contributed by atoms with E-state index in [4.69, 9.17) is 4.98 Å². The third kappa shape index (κ3) is 2.63. The average molecular weight is 354 g/mol. The Kier molecular flexibility index (Phi) is 4.29. The van der Waals surface area contributed by atoms with E-state index < -0.39 is 0 Å². The van der Waals surface area contributed by atoms with E-state index >= 15 is 0 Å². The minimum Gasteiger partial charge on any atom is -0.345 e. The molecule has 0 aliphatic carbocycles. The molecule has 134 valence electrons. The zero-order chi connectivity index (χ0) is 19.0. The number of imidazole rings is 1. The van der Waals surface area contributed by atoms with E-state index in [1.165, 1.54) is 16.6 Å². The van der Waals surface area contributed by atoms with E-state index in [1.807, 2.05) is 30.3 Å². The van der Waals surface area contributed by atoms with Crippen LogP contribution in [0.1, 0.15) is 30.9 Å². The van der Waals surface area contributed by atoms with Gasteiger partial charge in [-0.2, -0.15) is 5.26 Å². The second kappa shape index (κ2) is 6.77. The third-order valence-electron chi connectivity index (χ3n) is 5.22. The Labute approximate surface area is 159 Å². The van der Waals surface area contributed by atoms with Gasteiger partial charge in [0.25, 0.3) is 0 Å². The molecule has 0 aliphatic heterocycles. The Hall–Kier alpha value is -3.32. The number of allylic oxidation sites excluding steroid dienone is 1. The zero-order valence-electron chi connectivity index (χ0n) is 15.9. The molecule has 0 N–H and O–H groups in total. The lowest BCUT2D eigenvalue weighted by Crippen LogP contribution is -2.00. The summed E-state index contributed by atoms with van der Waals surface area (Å²) in [4.78, 5) is 4.75. The molecule has 4 aromatic rings. The van der Waals surface area contributed by atoms with Gasteiger partial charge >= 0.3 is 0 Å². The quantitative estimate of drug-likeness (QED) is 0.460. The Morgan fingerprint density at radius 2 is 1.67 bits per heavy atom. The van der Waals surface area contributed by atoms with Gasteiger partial charge in [-0.1, -0.05) is 30.3 Å². The van der Waals surface area contributed by atoms with Crippen LogP contribution in [0.15, 0.2) is 48.5 Å². The van der Waals surface area contributed by atoms with Gasteiger partial charge in [0, 0.05) is 35.2 Å². The summed E-state index contributed by atoms with van der Waals surface area (Å²) in [7, 11) is 0. The number of nitrogens with zero attached hydrogens (tertiary/aromatic N) is 4. The van der Waals surface area contributed by atoms with Crippen molar-refractivity contribution in [3.8, 4) is 6.07 Å². The van der Waals surface area contributed by atoms with E-state index in [1.54, 1.807) is 0 Å². The Morgan fingerprint density at radius 3 is 2.37 bits per heavy atom. The smallest absolute Gasteiger partial charge is 0.151 e. The van der Waals surface area contributed by atoms with E-state index in [2.05, 4.69) is 60.2 Å². The molecule has 4 nitrogen and oxygen atoms in total. The lowest BCUT2D eigenvalue weighted by atomic mass is 10.1. The van der Waals surface area contributed by atoms with Gasteiger partial charge in [0.15, 0.2) is 5.82 Å². The molecule has 0 unspecified atom stereocenters. The molecule has 0 fully saturated rings. The zero-order valence-corrected chi connectivity index (χ0v) is 15.9. The molecule has 0 radical (unpaired) electrons. The second-order valence-electron chi connectivity index (χ2n) is 6.60. The van der Waals surface area contributed by atoms with Crippen molar-refractivity contribution >= 4 is 33.6 Å². The molecule has 2 aromatic heterocycles. The number of nitriles is 1. The van der Waals surface area contributed by atoms with Crippen LogP contribution in [0.5, 0.6) is 0 Å². The highest BCUT2D eigenvalue weighted by Crippen LogP contribution is 2.30. The summed E-state index contributed by atoms with van der Waals surface area (Å²) < 4.78 is 4.40. The molecule has 2 heterocycles. The van der Waals surface area contributed by atoms with Gasteiger partial charge in [-0.3, -0.25) is 0 Å². The molecule has 0 atom stereocenters. The molecule has 0 amide bonds. The van der Waals surface area contributed by atoms with Gasteiger partial charge in [-0.05, 0) is 45.0 Å². The van der Waals surface area contributed by atoms with E-state index in [0.29, 0.717) is 5.57 Å². The van der Waals surface area contributed by atoms with E-state index in [-0.39, 0.29) is 0 Å². The van der Waals surface area contributed by atoms with Gasteiger partial charge in [-0.15, -0.1) is 0 Å². The monoisotopic (exact) mass is 354 g/mol. The van der Waals surface area contributed by atoms with Crippen molar-refractivity contribution in [2.24, 2.45) is 0 Å². The summed E-state index contributed by atoms with van der Waals surface area (Å²) in [6.45, 7) is 8.02. The largest absolute Gasteiger partial charge is 0.345 e. The highest BCUT2D eigenvalue weighted by atomic mass is 15.1. The minimum absolute atomic E-state index is 0.593. The number of aromatic nitrogens is 3. The van der Waals surface area contributed by atoms with E-state index in [9.17, 15) is 5.26 Å². The number of hydrogen-bond acceptors (Lipinski definition) is 2. The van der Waals surface area contributed by atoms with Gasteiger partial charge in [0.05, 0.1) is 16.6 Å². The van der Waals surface area contributed by atoms with Gasteiger partial charge in [0.1, 0.15) is 6.07 Å². The van der Waals surface area contributed by atoms with Gasteiger partial charge in [0.2, 0.25) is 0 Å².